The second kappa shape index (κ2) is 9.97. The molecule has 0 rings (SSSR count). The van der Waals surface area contributed by atoms with Gasteiger partial charge in [0.1, 0.15) is 6.04 Å². The van der Waals surface area contributed by atoms with Crippen molar-refractivity contribution in [1.82, 2.24) is 5.32 Å². The van der Waals surface area contributed by atoms with Crippen molar-refractivity contribution < 1.29 is 9.90 Å². The SMILES string of the molecule is CCCCCSCCC(NC(C)C)C(=O)O. The van der Waals surface area contributed by atoms with E-state index in [4.69, 9.17) is 5.11 Å². The standard InChI is InChI=1S/C12H25NO2S/c1-4-5-6-8-16-9-7-11(12(14)15)13-10(2)3/h10-11,13H,4-9H2,1-3H3,(H,14,15). The van der Waals surface area contributed by atoms with E-state index in [0.717, 1.165) is 11.5 Å². The van der Waals surface area contributed by atoms with Gasteiger partial charge in [-0.3, -0.25) is 4.79 Å². The molecule has 1 atom stereocenters. The fourth-order valence-electron chi connectivity index (χ4n) is 1.44. The van der Waals surface area contributed by atoms with E-state index in [2.05, 4.69) is 12.2 Å². The van der Waals surface area contributed by atoms with Crippen LogP contribution in [0.15, 0.2) is 0 Å². The molecule has 0 aliphatic rings. The highest BCUT2D eigenvalue weighted by molar-refractivity contribution is 7.99. The fourth-order valence-corrected chi connectivity index (χ4v) is 2.45. The van der Waals surface area contributed by atoms with Gasteiger partial charge in [-0.05, 0) is 24.3 Å². The van der Waals surface area contributed by atoms with Crippen molar-refractivity contribution >= 4 is 17.7 Å². The number of rotatable bonds is 10. The summed E-state index contributed by atoms with van der Waals surface area (Å²) in [6.45, 7) is 6.15. The minimum absolute atomic E-state index is 0.228. The quantitative estimate of drug-likeness (QED) is 0.583. The van der Waals surface area contributed by atoms with Crippen molar-refractivity contribution in [3.05, 3.63) is 0 Å². The molecule has 2 N–H and O–H groups in total. The molecule has 0 bridgehead atoms. The summed E-state index contributed by atoms with van der Waals surface area (Å²) in [6, 6.07) is -0.162. The van der Waals surface area contributed by atoms with E-state index in [9.17, 15) is 4.79 Å². The van der Waals surface area contributed by atoms with Crippen LogP contribution in [0.5, 0.6) is 0 Å². The molecule has 1 unspecified atom stereocenters. The maximum absolute atomic E-state index is 10.9. The molecule has 4 heteroatoms. The van der Waals surface area contributed by atoms with Crippen molar-refractivity contribution in [3.8, 4) is 0 Å². The lowest BCUT2D eigenvalue weighted by Gasteiger charge is -2.16. The van der Waals surface area contributed by atoms with Gasteiger partial charge >= 0.3 is 5.97 Å². The molecule has 0 amide bonds. The third kappa shape index (κ3) is 9.04. The first-order valence-corrected chi connectivity index (χ1v) is 7.30. The Labute approximate surface area is 103 Å². The summed E-state index contributed by atoms with van der Waals surface area (Å²) in [4.78, 5) is 10.9. The number of thioether (sulfide) groups is 1. The highest BCUT2D eigenvalue weighted by atomic mass is 32.2. The van der Waals surface area contributed by atoms with Crippen LogP contribution in [0.2, 0.25) is 0 Å². The molecular weight excluding hydrogens is 222 g/mol. The normalized spacial score (nSPS) is 13.0. The van der Waals surface area contributed by atoms with Crippen LogP contribution in [0.4, 0.5) is 0 Å². The molecule has 0 aromatic heterocycles. The number of hydrogen-bond acceptors (Lipinski definition) is 3. The van der Waals surface area contributed by atoms with Crippen LogP contribution in [-0.2, 0) is 4.79 Å². The summed E-state index contributed by atoms with van der Waals surface area (Å²) in [7, 11) is 0. The number of carboxylic acids is 1. The minimum atomic E-state index is -0.733. The van der Waals surface area contributed by atoms with Gasteiger partial charge in [0.05, 0.1) is 0 Å². The van der Waals surface area contributed by atoms with Crippen molar-refractivity contribution in [2.45, 2.75) is 58.5 Å². The van der Waals surface area contributed by atoms with Gasteiger partial charge in [-0.15, -0.1) is 0 Å². The van der Waals surface area contributed by atoms with E-state index in [0.29, 0.717) is 6.42 Å². The molecule has 0 radical (unpaired) electrons. The molecule has 0 saturated carbocycles. The Balaban J connectivity index is 3.57. The second-order valence-electron chi connectivity index (χ2n) is 4.32. The number of aliphatic carboxylic acids is 1. The summed E-state index contributed by atoms with van der Waals surface area (Å²) in [5, 5.41) is 12.1. The average Bonchev–Trinajstić information content (AvgIpc) is 2.20. The fraction of sp³-hybridized carbons (Fsp3) is 0.917. The summed E-state index contributed by atoms with van der Waals surface area (Å²) >= 11 is 1.86. The van der Waals surface area contributed by atoms with Crippen molar-refractivity contribution in [2.75, 3.05) is 11.5 Å². The van der Waals surface area contributed by atoms with Gasteiger partial charge in [-0.1, -0.05) is 33.6 Å². The Bertz CT molecular complexity index is 186. The van der Waals surface area contributed by atoms with E-state index in [1.54, 1.807) is 0 Å². The Kier molecular flexibility index (Phi) is 9.83. The van der Waals surface area contributed by atoms with Crippen LogP contribution < -0.4 is 5.32 Å². The van der Waals surface area contributed by atoms with Gasteiger partial charge < -0.3 is 10.4 Å². The first-order chi connectivity index (χ1) is 7.57. The maximum atomic E-state index is 10.9. The van der Waals surface area contributed by atoms with Crippen molar-refractivity contribution in [3.63, 3.8) is 0 Å². The Morgan fingerprint density at radius 3 is 2.50 bits per heavy atom. The number of nitrogens with one attached hydrogen (secondary N) is 1. The molecule has 0 fully saturated rings. The number of carboxylic acid groups (broad SMARTS) is 1. The van der Waals surface area contributed by atoms with Gasteiger partial charge in [0.2, 0.25) is 0 Å². The third-order valence-corrected chi connectivity index (χ3v) is 3.38. The number of carbonyl (C=O) groups is 1. The molecule has 0 heterocycles. The van der Waals surface area contributed by atoms with Crippen LogP contribution in [-0.4, -0.2) is 34.7 Å². The van der Waals surface area contributed by atoms with Crippen molar-refractivity contribution in [1.29, 1.82) is 0 Å². The third-order valence-electron chi connectivity index (χ3n) is 2.28. The van der Waals surface area contributed by atoms with Gasteiger partial charge in [-0.2, -0.15) is 11.8 Å². The van der Waals surface area contributed by atoms with Crippen molar-refractivity contribution in [2.24, 2.45) is 0 Å². The first-order valence-electron chi connectivity index (χ1n) is 6.14. The molecule has 0 aromatic rings. The largest absolute Gasteiger partial charge is 0.480 e. The van der Waals surface area contributed by atoms with Gasteiger partial charge in [0.25, 0.3) is 0 Å². The lowest BCUT2D eigenvalue weighted by molar-refractivity contribution is -0.139. The zero-order chi connectivity index (χ0) is 12.4. The van der Waals surface area contributed by atoms with E-state index < -0.39 is 12.0 Å². The number of unbranched alkanes of at least 4 members (excludes halogenated alkanes) is 2. The van der Waals surface area contributed by atoms with Crippen LogP contribution in [0, 0.1) is 0 Å². The van der Waals surface area contributed by atoms with Crippen LogP contribution in [0.3, 0.4) is 0 Å². The topological polar surface area (TPSA) is 49.3 Å². The molecule has 0 aliphatic carbocycles. The molecule has 96 valence electrons. The zero-order valence-corrected chi connectivity index (χ0v) is 11.5. The summed E-state index contributed by atoms with van der Waals surface area (Å²) < 4.78 is 0. The summed E-state index contributed by atoms with van der Waals surface area (Å²) in [5.74, 6) is 1.35. The molecule has 3 nitrogen and oxygen atoms in total. The predicted molar refractivity (Wildman–Crippen MR) is 71.2 cm³/mol. The van der Waals surface area contributed by atoms with E-state index >= 15 is 0 Å². The zero-order valence-electron chi connectivity index (χ0n) is 10.7. The highest BCUT2D eigenvalue weighted by Crippen LogP contribution is 2.09. The first kappa shape index (κ1) is 15.8. The van der Waals surface area contributed by atoms with Crippen LogP contribution in [0.25, 0.3) is 0 Å². The molecule has 0 spiro atoms. The lowest BCUT2D eigenvalue weighted by atomic mass is 10.2. The monoisotopic (exact) mass is 247 g/mol. The molecule has 16 heavy (non-hydrogen) atoms. The van der Waals surface area contributed by atoms with Gasteiger partial charge in [0, 0.05) is 6.04 Å². The Hall–Kier alpha value is -0.220. The number of hydrogen-bond donors (Lipinski definition) is 2. The molecule has 0 aliphatic heterocycles. The van der Waals surface area contributed by atoms with E-state index in [-0.39, 0.29) is 6.04 Å². The molecule has 0 saturated heterocycles. The average molecular weight is 247 g/mol. The smallest absolute Gasteiger partial charge is 0.320 e. The van der Waals surface area contributed by atoms with E-state index in [1.165, 1.54) is 19.3 Å². The van der Waals surface area contributed by atoms with E-state index in [1.807, 2.05) is 25.6 Å². The molecule has 0 aromatic carbocycles. The Morgan fingerprint density at radius 1 is 1.31 bits per heavy atom. The lowest BCUT2D eigenvalue weighted by Crippen LogP contribution is -2.41. The Morgan fingerprint density at radius 2 is 2.00 bits per heavy atom. The van der Waals surface area contributed by atoms with Crippen LogP contribution in [0.1, 0.15) is 46.5 Å². The van der Waals surface area contributed by atoms with Gasteiger partial charge in [0.15, 0.2) is 0 Å². The summed E-state index contributed by atoms with van der Waals surface area (Å²) in [6.07, 6.45) is 4.48. The predicted octanol–water partition coefficient (Wildman–Crippen LogP) is 2.75. The summed E-state index contributed by atoms with van der Waals surface area (Å²) in [5.41, 5.74) is 0. The maximum Gasteiger partial charge on any atom is 0.320 e. The minimum Gasteiger partial charge on any atom is -0.480 e. The van der Waals surface area contributed by atoms with Crippen LogP contribution >= 0.6 is 11.8 Å². The second-order valence-corrected chi connectivity index (χ2v) is 5.55. The molecular formula is C12H25NO2S. The van der Waals surface area contributed by atoms with Gasteiger partial charge in [-0.25, -0.2) is 0 Å². The highest BCUT2D eigenvalue weighted by Gasteiger charge is 2.16.